The molecule has 150 valence electrons. The van der Waals surface area contributed by atoms with Gasteiger partial charge in [0.2, 0.25) is 0 Å². The molecule has 1 fully saturated rings. The van der Waals surface area contributed by atoms with E-state index in [0.717, 1.165) is 0 Å². The second kappa shape index (κ2) is 5.68. The third-order valence-corrected chi connectivity index (χ3v) is 6.46. The summed E-state index contributed by atoms with van der Waals surface area (Å²) >= 11 is 0. The number of phenols is 2. The molecular formula is C23H22O6. The van der Waals surface area contributed by atoms with E-state index in [2.05, 4.69) is 0 Å². The van der Waals surface area contributed by atoms with E-state index in [4.69, 9.17) is 9.47 Å². The molecule has 2 aliphatic carbocycles. The number of ether oxygens (including phenoxy) is 2. The zero-order chi connectivity index (χ0) is 20.7. The van der Waals surface area contributed by atoms with Crippen LogP contribution in [0.1, 0.15) is 70.2 Å². The van der Waals surface area contributed by atoms with Crippen LogP contribution in [-0.2, 0) is 22.3 Å². The quantitative estimate of drug-likeness (QED) is 0.616. The van der Waals surface area contributed by atoms with Gasteiger partial charge in [0.05, 0.1) is 17.2 Å². The van der Waals surface area contributed by atoms with E-state index >= 15 is 0 Å². The van der Waals surface area contributed by atoms with Crippen molar-refractivity contribution in [3.8, 4) is 11.5 Å². The molecule has 0 spiro atoms. The van der Waals surface area contributed by atoms with Crippen LogP contribution in [0.25, 0.3) is 0 Å². The molecule has 0 saturated carbocycles. The lowest BCUT2D eigenvalue weighted by molar-refractivity contribution is -0.163. The number of phenolic OH excluding ortho intramolecular Hbond substituents is 2. The largest absolute Gasteiger partial charge is 0.507 e. The summed E-state index contributed by atoms with van der Waals surface area (Å²) < 4.78 is 12.3. The maximum absolute atomic E-state index is 13.1. The zero-order valence-corrected chi connectivity index (χ0v) is 16.5. The fourth-order valence-electron chi connectivity index (χ4n) is 5.14. The first-order valence-corrected chi connectivity index (χ1v) is 9.85. The molecule has 0 bridgehead atoms. The standard InChI is InChI=1S/C23H22O6/c1-4-23-10-14-13(9-15(23)28-22(2,3)29-23)20(26)16-17(21(14)27)19(25)12-8-6-5-7-11(12)18(16)24/h5-8,15,26-27H,4,9-10H2,1-3H3/t15-,23+/m1/s1. The van der Waals surface area contributed by atoms with Gasteiger partial charge in [-0.05, 0) is 20.3 Å². The number of benzene rings is 2. The molecule has 6 heteroatoms. The fourth-order valence-corrected chi connectivity index (χ4v) is 5.14. The molecule has 1 saturated heterocycles. The van der Waals surface area contributed by atoms with Gasteiger partial charge in [0, 0.05) is 35.1 Å². The fraction of sp³-hybridized carbons (Fsp3) is 0.391. The van der Waals surface area contributed by atoms with E-state index in [0.29, 0.717) is 30.4 Å². The van der Waals surface area contributed by atoms with Gasteiger partial charge in [-0.2, -0.15) is 0 Å². The van der Waals surface area contributed by atoms with E-state index in [9.17, 15) is 19.8 Å². The van der Waals surface area contributed by atoms with Crippen LogP contribution in [0.15, 0.2) is 24.3 Å². The number of fused-ring (bicyclic) bond motifs is 4. The summed E-state index contributed by atoms with van der Waals surface area (Å²) in [5.74, 6) is -2.18. The van der Waals surface area contributed by atoms with Crippen LogP contribution in [0.3, 0.4) is 0 Å². The number of rotatable bonds is 1. The van der Waals surface area contributed by atoms with E-state index in [1.54, 1.807) is 24.3 Å². The van der Waals surface area contributed by atoms with Gasteiger partial charge in [0.1, 0.15) is 17.1 Å². The maximum Gasteiger partial charge on any atom is 0.198 e. The Morgan fingerprint density at radius 3 is 2.10 bits per heavy atom. The molecule has 0 aromatic heterocycles. The SMILES string of the molecule is CC[C@]12Cc3c(O)c4c(c(O)c3C[C@H]1OC(C)(C)O2)C(=O)c1ccccc1C4=O. The average Bonchev–Trinajstić information content (AvgIpc) is 2.97. The summed E-state index contributed by atoms with van der Waals surface area (Å²) in [6.45, 7) is 5.66. The summed E-state index contributed by atoms with van der Waals surface area (Å²) in [6, 6.07) is 6.47. The van der Waals surface area contributed by atoms with Crippen molar-refractivity contribution in [3.05, 3.63) is 57.6 Å². The van der Waals surface area contributed by atoms with Crippen molar-refractivity contribution in [2.24, 2.45) is 0 Å². The van der Waals surface area contributed by atoms with Crippen molar-refractivity contribution in [2.45, 2.75) is 57.5 Å². The summed E-state index contributed by atoms with van der Waals surface area (Å²) in [7, 11) is 0. The van der Waals surface area contributed by atoms with Crippen LogP contribution in [0.4, 0.5) is 0 Å². The Morgan fingerprint density at radius 1 is 1.00 bits per heavy atom. The third-order valence-electron chi connectivity index (χ3n) is 6.46. The molecule has 2 aromatic carbocycles. The first-order chi connectivity index (χ1) is 13.7. The summed E-state index contributed by atoms with van der Waals surface area (Å²) in [5.41, 5.74) is 0.493. The van der Waals surface area contributed by atoms with Gasteiger partial charge in [0.25, 0.3) is 0 Å². The van der Waals surface area contributed by atoms with Gasteiger partial charge in [0.15, 0.2) is 17.4 Å². The Bertz CT molecular complexity index is 1100. The monoisotopic (exact) mass is 394 g/mol. The number of hydrogen-bond acceptors (Lipinski definition) is 6. The van der Waals surface area contributed by atoms with Crippen molar-refractivity contribution in [3.63, 3.8) is 0 Å². The second-order valence-electron chi connectivity index (χ2n) is 8.52. The molecule has 2 N–H and O–H groups in total. The number of hydrogen-bond donors (Lipinski definition) is 2. The Labute approximate surface area is 168 Å². The average molecular weight is 394 g/mol. The molecule has 6 nitrogen and oxygen atoms in total. The highest BCUT2D eigenvalue weighted by atomic mass is 16.8. The Balaban J connectivity index is 1.74. The van der Waals surface area contributed by atoms with Crippen molar-refractivity contribution < 1.29 is 29.3 Å². The van der Waals surface area contributed by atoms with Gasteiger partial charge < -0.3 is 19.7 Å². The topological polar surface area (TPSA) is 93.1 Å². The molecule has 2 atom stereocenters. The molecule has 5 rings (SSSR count). The Morgan fingerprint density at radius 2 is 1.55 bits per heavy atom. The predicted molar refractivity (Wildman–Crippen MR) is 104 cm³/mol. The molecule has 0 radical (unpaired) electrons. The molecule has 1 heterocycles. The second-order valence-corrected chi connectivity index (χ2v) is 8.52. The van der Waals surface area contributed by atoms with Gasteiger partial charge >= 0.3 is 0 Å². The number of ketones is 2. The van der Waals surface area contributed by atoms with Crippen LogP contribution < -0.4 is 0 Å². The van der Waals surface area contributed by atoms with Gasteiger partial charge in [-0.1, -0.05) is 31.2 Å². The maximum atomic E-state index is 13.1. The van der Waals surface area contributed by atoms with Crippen molar-refractivity contribution in [1.29, 1.82) is 0 Å². The smallest absolute Gasteiger partial charge is 0.198 e. The predicted octanol–water partition coefficient (Wildman–Crippen LogP) is 3.27. The first-order valence-electron chi connectivity index (χ1n) is 9.85. The minimum absolute atomic E-state index is 0.118. The summed E-state index contributed by atoms with van der Waals surface area (Å²) in [4.78, 5) is 26.2. The lowest BCUT2D eigenvalue weighted by atomic mass is 9.72. The number of aromatic hydroxyl groups is 2. The Hall–Kier alpha value is -2.70. The molecule has 3 aliphatic rings. The van der Waals surface area contributed by atoms with Crippen molar-refractivity contribution in [2.75, 3.05) is 0 Å². The molecule has 0 unspecified atom stereocenters. The summed E-state index contributed by atoms with van der Waals surface area (Å²) in [6.07, 6.45) is 0.915. The highest BCUT2D eigenvalue weighted by molar-refractivity contribution is 6.30. The number of carbonyl (C=O) groups excluding carboxylic acids is 2. The van der Waals surface area contributed by atoms with Crippen LogP contribution in [-0.4, -0.2) is 39.3 Å². The van der Waals surface area contributed by atoms with Crippen LogP contribution in [0.5, 0.6) is 11.5 Å². The van der Waals surface area contributed by atoms with E-state index in [1.165, 1.54) is 0 Å². The van der Waals surface area contributed by atoms with Gasteiger partial charge in [-0.15, -0.1) is 0 Å². The minimum atomic E-state index is -0.796. The van der Waals surface area contributed by atoms with Crippen LogP contribution in [0.2, 0.25) is 0 Å². The van der Waals surface area contributed by atoms with Gasteiger partial charge in [-0.3, -0.25) is 9.59 Å². The molecular weight excluding hydrogens is 372 g/mol. The van der Waals surface area contributed by atoms with Crippen LogP contribution >= 0.6 is 0 Å². The molecule has 2 aromatic rings. The van der Waals surface area contributed by atoms with E-state index < -0.39 is 23.0 Å². The highest BCUT2D eigenvalue weighted by Crippen LogP contribution is 2.52. The lowest BCUT2D eigenvalue weighted by Gasteiger charge is -2.38. The third kappa shape index (κ3) is 2.30. The highest BCUT2D eigenvalue weighted by Gasteiger charge is 2.56. The Kier molecular flexibility index (Phi) is 3.59. The summed E-state index contributed by atoms with van der Waals surface area (Å²) in [5, 5.41) is 22.1. The van der Waals surface area contributed by atoms with Gasteiger partial charge in [-0.25, -0.2) is 0 Å². The minimum Gasteiger partial charge on any atom is -0.507 e. The number of carbonyl (C=O) groups is 2. The molecule has 29 heavy (non-hydrogen) atoms. The van der Waals surface area contributed by atoms with E-state index in [-0.39, 0.29) is 39.9 Å². The van der Waals surface area contributed by atoms with Crippen molar-refractivity contribution >= 4 is 11.6 Å². The zero-order valence-electron chi connectivity index (χ0n) is 16.5. The van der Waals surface area contributed by atoms with Crippen molar-refractivity contribution in [1.82, 2.24) is 0 Å². The molecule has 1 aliphatic heterocycles. The normalized spacial score (nSPS) is 26.5. The lowest BCUT2D eigenvalue weighted by Crippen LogP contribution is -2.46. The molecule has 0 amide bonds. The first kappa shape index (κ1) is 18.3. The van der Waals surface area contributed by atoms with Crippen LogP contribution in [0, 0.1) is 0 Å². The van der Waals surface area contributed by atoms with E-state index in [1.807, 2.05) is 20.8 Å².